The highest BCUT2D eigenvalue weighted by Crippen LogP contribution is 2.40. The first kappa shape index (κ1) is 27.7. The molecule has 198 valence electrons. The molecular weight excluding hydrogens is 511 g/mol. The number of halogens is 5. The molecule has 0 saturated heterocycles. The summed E-state index contributed by atoms with van der Waals surface area (Å²) < 4.78 is 91.2. The monoisotopic (exact) mass is 536 g/mol. The summed E-state index contributed by atoms with van der Waals surface area (Å²) in [5.74, 6) is -4.02. The summed E-state index contributed by atoms with van der Waals surface area (Å²) >= 11 is 0. The number of hydrogen-bond donors (Lipinski definition) is 2. The summed E-state index contributed by atoms with van der Waals surface area (Å²) in [6.45, 7) is 0.374. The van der Waals surface area contributed by atoms with Crippen LogP contribution in [-0.4, -0.2) is 64.5 Å². The van der Waals surface area contributed by atoms with Crippen molar-refractivity contribution in [2.45, 2.75) is 24.9 Å². The molecule has 2 aromatic carbocycles. The van der Waals surface area contributed by atoms with Crippen LogP contribution in [0.1, 0.15) is 24.0 Å². The second-order valence-electron chi connectivity index (χ2n) is 7.94. The minimum absolute atomic E-state index is 0.00497. The molecule has 3 rings (SSSR count). The molecule has 0 radical (unpaired) electrons. The van der Waals surface area contributed by atoms with Gasteiger partial charge in [0.2, 0.25) is 0 Å². The molecule has 12 heteroatoms. The third-order valence-corrected chi connectivity index (χ3v) is 6.64. The number of fused-ring (bicyclic) bond motifs is 1. The molecule has 6 nitrogen and oxygen atoms in total. The van der Waals surface area contributed by atoms with Crippen LogP contribution in [-0.2, 0) is 20.3 Å². The third kappa shape index (κ3) is 7.33. The Hall–Kier alpha value is -2.86. The van der Waals surface area contributed by atoms with Gasteiger partial charge in [-0.2, -0.15) is 22.0 Å². The van der Waals surface area contributed by atoms with Gasteiger partial charge in [0.25, 0.3) is 0 Å². The Morgan fingerprint density at radius 1 is 0.917 bits per heavy atom. The fraction of sp³-hybridized carbons (Fsp3) is 0.417. The standard InChI is InChI=1S/C24H25F5O6S/c25-23(26,24(27,28)29)8-1-12-36(32)13-11-33-9-10-34-22-19-7-6-18(31)14-21(19)35-15-20(22)16-2-4-17(30)5-3-16/h2-7,14,30-31H,1,8-13,15H2. The van der Waals surface area contributed by atoms with Crippen LogP contribution in [0.2, 0.25) is 0 Å². The number of rotatable bonds is 12. The van der Waals surface area contributed by atoms with E-state index in [2.05, 4.69) is 0 Å². The largest absolute Gasteiger partial charge is 0.508 e. The highest BCUT2D eigenvalue weighted by Gasteiger charge is 2.56. The number of phenols is 2. The average molecular weight is 537 g/mol. The summed E-state index contributed by atoms with van der Waals surface area (Å²) in [5.41, 5.74) is 2.08. The van der Waals surface area contributed by atoms with Gasteiger partial charge in [0.1, 0.15) is 36.2 Å². The van der Waals surface area contributed by atoms with Crippen molar-refractivity contribution in [2.75, 3.05) is 37.9 Å². The Bertz CT molecular complexity index is 1090. The molecule has 1 heterocycles. The van der Waals surface area contributed by atoms with E-state index in [9.17, 15) is 36.4 Å². The van der Waals surface area contributed by atoms with Gasteiger partial charge in [0.05, 0.1) is 18.8 Å². The fourth-order valence-corrected chi connectivity index (χ4v) is 4.37. The lowest BCUT2D eigenvalue weighted by atomic mass is 9.98. The zero-order valence-electron chi connectivity index (χ0n) is 19.0. The average Bonchev–Trinajstić information content (AvgIpc) is 2.80. The van der Waals surface area contributed by atoms with E-state index in [1.54, 1.807) is 18.2 Å². The molecule has 0 amide bonds. The quantitative estimate of drug-likeness (QED) is 0.290. The van der Waals surface area contributed by atoms with Crippen LogP contribution in [0.3, 0.4) is 0 Å². The van der Waals surface area contributed by atoms with E-state index in [1.165, 1.54) is 24.3 Å². The molecule has 0 aromatic heterocycles. The van der Waals surface area contributed by atoms with Crippen LogP contribution >= 0.6 is 0 Å². The molecule has 1 unspecified atom stereocenters. The number of alkyl halides is 5. The summed E-state index contributed by atoms with van der Waals surface area (Å²) in [6, 6.07) is 11.1. The summed E-state index contributed by atoms with van der Waals surface area (Å²) in [6.07, 6.45) is -7.54. The van der Waals surface area contributed by atoms with Crippen molar-refractivity contribution >= 4 is 22.1 Å². The SMILES string of the molecule is O=S(CCCC(F)(F)C(F)(F)F)CCOCCOC1=C(c2ccc(O)cc2)COc2cc(O)ccc21. The van der Waals surface area contributed by atoms with E-state index in [0.29, 0.717) is 22.6 Å². The molecule has 0 bridgehead atoms. The van der Waals surface area contributed by atoms with Crippen molar-refractivity contribution in [1.29, 1.82) is 0 Å². The Morgan fingerprint density at radius 3 is 2.31 bits per heavy atom. The van der Waals surface area contributed by atoms with E-state index >= 15 is 0 Å². The summed E-state index contributed by atoms with van der Waals surface area (Å²) in [7, 11) is -1.59. The number of aromatic hydroxyl groups is 2. The topological polar surface area (TPSA) is 85.2 Å². The number of ether oxygens (including phenoxy) is 3. The van der Waals surface area contributed by atoms with Crippen LogP contribution in [0.25, 0.3) is 11.3 Å². The number of hydrogen-bond acceptors (Lipinski definition) is 6. The number of benzene rings is 2. The van der Waals surface area contributed by atoms with E-state index in [1.807, 2.05) is 0 Å². The highest BCUT2D eigenvalue weighted by atomic mass is 32.2. The molecule has 0 aliphatic carbocycles. The minimum atomic E-state index is -5.61. The van der Waals surface area contributed by atoms with Gasteiger partial charge in [-0.1, -0.05) is 12.1 Å². The molecule has 2 aromatic rings. The second kappa shape index (κ2) is 11.9. The van der Waals surface area contributed by atoms with E-state index in [-0.39, 0.29) is 49.4 Å². The third-order valence-electron chi connectivity index (χ3n) is 5.28. The molecule has 1 atom stereocenters. The first-order valence-corrected chi connectivity index (χ1v) is 12.5. The molecular formula is C24H25F5O6S. The van der Waals surface area contributed by atoms with Gasteiger partial charge in [-0.3, -0.25) is 4.21 Å². The first-order valence-electron chi connectivity index (χ1n) is 11.0. The lowest BCUT2D eigenvalue weighted by Gasteiger charge is -2.24. The van der Waals surface area contributed by atoms with Crippen molar-refractivity contribution in [3.05, 3.63) is 53.6 Å². The van der Waals surface area contributed by atoms with Gasteiger partial charge in [-0.25, -0.2) is 0 Å². The zero-order valence-corrected chi connectivity index (χ0v) is 19.8. The van der Waals surface area contributed by atoms with Crippen molar-refractivity contribution < 1.29 is 50.6 Å². The van der Waals surface area contributed by atoms with E-state index < -0.39 is 35.7 Å². The molecule has 1 aliphatic rings. The van der Waals surface area contributed by atoms with Gasteiger partial charge in [0.15, 0.2) is 0 Å². The van der Waals surface area contributed by atoms with E-state index in [0.717, 1.165) is 5.56 Å². The molecule has 1 aliphatic heterocycles. The Labute approximate surface area is 206 Å². The molecule has 0 fully saturated rings. The van der Waals surface area contributed by atoms with Gasteiger partial charge in [-0.05, 0) is 36.2 Å². The smallest absolute Gasteiger partial charge is 0.453 e. The van der Waals surface area contributed by atoms with Crippen molar-refractivity contribution in [2.24, 2.45) is 0 Å². The summed E-state index contributed by atoms with van der Waals surface area (Å²) in [5, 5.41) is 19.3. The van der Waals surface area contributed by atoms with Crippen LogP contribution < -0.4 is 4.74 Å². The summed E-state index contributed by atoms with van der Waals surface area (Å²) in [4.78, 5) is 0. The van der Waals surface area contributed by atoms with Crippen molar-refractivity contribution in [3.63, 3.8) is 0 Å². The van der Waals surface area contributed by atoms with Gasteiger partial charge >= 0.3 is 12.1 Å². The van der Waals surface area contributed by atoms with Crippen LogP contribution in [0.5, 0.6) is 17.2 Å². The maximum absolute atomic E-state index is 12.9. The normalized spacial score (nSPS) is 14.8. The predicted octanol–water partition coefficient (Wildman–Crippen LogP) is 5.12. The number of phenolic OH excluding ortho intramolecular Hbond substituents is 2. The maximum Gasteiger partial charge on any atom is 0.453 e. The molecule has 0 saturated carbocycles. The first-order chi connectivity index (χ1) is 17.0. The van der Waals surface area contributed by atoms with Crippen LogP contribution in [0, 0.1) is 0 Å². The lowest BCUT2D eigenvalue weighted by molar-refractivity contribution is -0.284. The van der Waals surface area contributed by atoms with Crippen molar-refractivity contribution in [1.82, 2.24) is 0 Å². The Kier molecular flexibility index (Phi) is 9.18. The molecule has 36 heavy (non-hydrogen) atoms. The van der Waals surface area contributed by atoms with Gasteiger partial charge in [-0.15, -0.1) is 0 Å². The van der Waals surface area contributed by atoms with Gasteiger partial charge in [0, 0.05) is 40.4 Å². The molecule has 2 N–H and O–H groups in total. The van der Waals surface area contributed by atoms with Crippen molar-refractivity contribution in [3.8, 4) is 17.2 Å². The van der Waals surface area contributed by atoms with Crippen LogP contribution in [0.15, 0.2) is 42.5 Å². The highest BCUT2D eigenvalue weighted by molar-refractivity contribution is 7.84. The molecule has 0 spiro atoms. The maximum atomic E-state index is 12.9. The Balaban J connectivity index is 1.50. The van der Waals surface area contributed by atoms with E-state index in [4.69, 9.17) is 14.2 Å². The zero-order chi connectivity index (χ0) is 26.3. The van der Waals surface area contributed by atoms with Gasteiger partial charge < -0.3 is 24.4 Å². The predicted molar refractivity (Wildman–Crippen MR) is 123 cm³/mol. The Morgan fingerprint density at radius 2 is 1.61 bits per heavy atom. The fourth-order valence-electron chi connectivity index (χ4n) is 3.39. The second-order valence-corrected chi connectivity index (χ2v) is 9.63. The minimum Gasteiger partial charge on any atom is -0.508 e. The van der Waals surface area contributed by atoms with Crippen LogP contribution in [0.4, 0.5) is 22.0 Å². The lowest BCUT2D eigenvalue weighted by Crippen LogP contribution is -2.36.